The van der Waals surface area contributed by atoms with E-state index in [-0.39, 0.29) is 36.2 Å². The third-order valence-corrected chi connectivity index (χ3v) is 6.02. The van der Waals surface area contributed by atoms with Crippen molar-refractivity contribution >= 4 is 15.9 Å². The lowest BCUT2D eigenvalue weighted by atomic mass is 9.99. The summed E-state index contributed by atoms with van der Waals surface area (Å²) in [6, 6.07) is 3.33. The number of benzene rings is 1. The Morgan fingerprint density at radius 3 is 2.92 bits per heavy atom. The Hall–Kier alpha value is -1.71. The number of rotatable bonds is 7. The number of methoxy groups -OCH3 is 1. The van der Waals surface area contributed by atoms with E-state index in [1.807, 2.05) is 0 Å². The van der Waals surface area contributed by atoms with Gasteiger partial charge >= 0.3 is 0 Å². The molecule has 1 aromatic carbocycles. The van der Waals surface area contributed by atoms with Gasteiger partial charge in [-0.3, -0.25) is 4.79 Å². The van der Waals surface area contributed by atoms with Crippen LogP contribution in [0.4, 0.5) is 4.39 Å². The molecule has 0 aliphatic carbocycles. The second-order valence-electron chi connectivity index (χ2n) is 5.87. The molecule has 1 heterocycles. The molecule has 1 aliphatic rings. The monoisotopic (exact) mass is 374 g/mol. The Labute approximate surface area is 146 Å². The molecule has 1 fully saturated rings. The van der Waals surface area contributed by atoms with Gasteiger partial charge < -0.3 is 15.2 Å². The standard InChI is InChI=1S/C16H23FN2O5S/c1-24-14-6-5-13(17)10-15(14)25(22,23)19-8-2-4-12(11-19)16(21)18-7-3-9-20/h5-6,10,12,20H,2-4,7-9,11H2,1H3,(H,18,21)/t12-/m0/s1. The average molecular weight is 374 g/mol. The molecular weight excluding hydrogens is 351 g/mol. The van der Waals surface area contributed by atoms with Crippen LogP contribution in [0.3, 0.4) is 0 Å². The number of sulfonamides is 1. The van der Waals surface area contributed by atoms with E-state index in [2.05, 4.69) is 5.32 Å². The molecule has 2 N–H and O–H groups in total. The largest absolute Gasteiger partial charge is 0.495 e. The van der Waals surface area contributed by atoms with Gasteiger partial charge in [-0.15, -0.1) is 0 Å². The van der Waals surface area contributed by atoms with Crippen LogP contribution in [-0.4, -0.2) is 57.1 Å². The van der Waals surface area contributed by atoms with Crippen LogP contribution in [-0.2, 0) is 14.8 Å². The smallest absolute Gasteiger partial charge is 0.246 e. The number of nitrogens with one attached hydrogen (secondary N) is 1. The first-order valence-electron chi connectivity index (χ1n) is 8.12. The predicted molar refractivity (Wildman–Crippen MR) is 89.1 cm³/mol. The highest BCUT2D eigenvalue weighted by atomic mass is 32.2. The van der Waals surface area contributed by atoms with Gasteiger partial charge in [-0.1, -0.05) is 0 Å². The zero-order valence-corrected chi connectivity index (χ0v) is 14.9. The van der Waals surface area contributed by atoms with E-state index in [0.717, 1.165) is 12.1 Å². The molecule has 1 aliphatic heterocycles. The van der Waals surface area contributed by atoms with E-state index < -0.39 is 21.8 Å². The topological polar surface area (TPSA) is 95.9 Å². The maximum absolute atomic E-state index is 13.5. The Kier molecular flexibility index (Phi) is 6.74. The SMILES string of the molecule is COc1ccc(F)cc1S(=O)(=O)N1CCC[C@H](C(=O)NCCCO)C1. The maximum atomic E-state index is 13.5. The number of aliphatic hydroxyl groups is 1. The van der Waals surface area contributed by atoms with Crippen molar-refractivity contribution in [1.82, 2.24) is 9.62 Å². The number of hydrogen-bond donors (Lipinski definition) is 2. The summed E-state index contributed by atoms with van der Waals surface area (Å²) >= 11 is 0. The zero-order valence-electron chi connectivity index (χ0n) is 14.1. The van der Waals surface area contributed by atoms with Crippen molar-refractivity contribution in [2.24, 2.45) is 5.92 Å². The molecule has 1 atom stereocenters. The second kappa shape index (κ2) is 8.59. The van der Waals surface area contributed by atoms with E-state index in [1.54, 1.807) is 0 Å². The number of hydrogen-bond acceptors (Lipinski definition) is 5. The summed E-state index contributed by atoms with van der Waals surface area (Å²) in [6.07, 6.45) is 1.56. The summed E-state index contributed by atoms with van der Waals surface area (Å²) in [4.78, 5) is 11.9. The summed E-state index contributed by atoms with van der Waals surface area (Å²) in [7, 11) is -2.65. The molecule has 2 rings (SSSR count). The molecule has 0 unspecified atom stereocenters. The molecule has 0 saturated carbocycles. The maximum Gasteiger partial charge on any atom is 0.246 e. The van der Waals surface area contributed by atoms with Crippen molar-refractivity contribution in [3.63, 3.8) is 0 Å². The van der Waals surface area contributed by atoms with Crippen LogP contribution >= 0.6 is 0 Å². The molecule has 0 bridgehead atoms. The molecule has 0 aromatic heterocycles. The van der Waals surface area contributed by atoms with Gasteiger partial charge in [0.1, 0.15) is 16.5 Å². The predicted octanol–water partition coefficient (Wildman–Crippen LogP) is 0.734. The number of carbonyl (C=O) groups excluding carboxylic acids is 1. The van der Waals surface area contributed by atoms with E-state index in [9.17, 15) is 17.6 Å². The first kappa shape index (κ1) is 19.6. The number of halogens is 1. The molecule has 1 aromatic rings. The highest BCUT2D eigenvalue weighted by Gasteiger charge is 2.34. The molecule has 140 valence electrons. The molecule has 1 saturated heterocycles. The number of piperidine rings is 1. The minimum atomic E-state index is -3.97. The highest BCUT2D eigenvalue weighted by Crippen LogP contribution is 2.30. The fourth-order valence-electron chi connectivity index (χ4n) is 2.80. The Bertz CT molecular complexity index is 710. The van der Waals surface area contributed by atoms with E-state index >= 15 is 0 Å². The summed E-state index contributed by atoms with van der Waals surface area (Å²) in [6.45, 7) is 0.622. The number of amides is 1. The highest BCUT2D eigenvalue weighted by molar-refractivity contribution is 7.89. The molecular formula is C16H23FN2O5S. The van der Waals surface area contributed by atoms with Crippen molar-refractivity contribution < 1.29 is 27.4 Å². The quantitative estimate of drug-likeness (QED) is 0.686. The Morgan fingerprint density at radius 2 is 2.24 bits per heavy atom. The summed E-state index contributed by atoms with van der Waals surface area (Å²) in [5, 5.41) is 11.4. The lowest BCUT2D eigenvalue weighted by Crippen LogP contribution is -2.45. The van der Waals surface area contributed by atoms with Gasteiger partial charge in [-0.25, -0.2) is 12.8 Å². The van der Waals surface area contributed by atoms with E-state index in [0.29, 0.717) is 25.8 Å². The van der Waals surface area contributed by atoms with Gasteiger partial charge in [0.25, 0.3) is 0 Å². The van der Waals surface area contributed by atoms with Crippen molar-refractivity contribution in [3.8, 4) is 5.75 Å². The van der Waals surface area contributed by atoms with Gasteiger partial charge in [-0.05, 0) is 37.5 Å². The number of carbonyl (C=O) groups is 1. The molecule has 0 radical (unpaired) electrons. The summed E-state index contributed by atoms with van der Waals surface area (Å²) in [5.74, 6) is -1.31. The number of ether oxygens (including phenoxy) is 1. The first-order chi connectivity index (χ1) is 11.9. The van der Waals surface area contributed by atoms with Gasteiger partial charge in [0.05, 0.1) is 13.0 Å². The average Bonchev–Trinajstić information content (AvgIpc) is 2.62. The van der Waals surface area contributed by atoms with Crippen LogP contribution in [0.5, 0.6) is 5.75 Å². The van der Waals surface area contributed by atoms with Gasteiger partial charge in [0.15, 0.2) is 0 Å². The molecule has 25 heavy (non-hydrogen) atoms. The van der Waals surface area contributed by atoms with E-state index in [4.69, 9.17) is 9.84 Å². The second-order valence-corrected chi connectivity index (χ2v) is 7.77. The molecule has 0 spiro atoms. The van der Waals surface area contributed by atoms with Crippen LogP contribution in [0, 0.1) is 11.7 Å². The van der Waals surface area contributed by atoms with Crippen LogP contribution in [0.1, 0.15) is 19.3 Å². The Morgan fingerprint density at radius 1 is 1.48 bits per heavy atom. The van der Waals surface area contributed by atoms with E-state index in [1.165, 1.54) is 17.5 Å². The zero-order chi connectivity index (χ0) is 18.4. The van der Waals surface area contributed by atoms with Gasteiger partial charge in [-0.2, -0.15) is 4.31 Å². The summed E-state index contributed by atoms with van der Waals surface area (Å²) < 4.78 is 45.5. The number of aliphatic hydroxyl groups excluding tert-OH is 1. The molecule has 1 amide bonds. The van der Waals surface area contributed by atoms with Gasteiger partial charge in [0, 0.05) is 26.2 Å². The molecule has 7 nitrogen and oxygen atoms in total. The fourth-order valence-corrected chi connectivity index (χ4v) is 4.49. The van der Waals surface area contributed by atoms with Crippen LogP contribution in [0.15, 0.2) is 23.1 Å². The lowest BCUT2D eigenvalue weighted by molar-refractivity contribution is -0.126. The fraction of sp³-hybridized carbons (Fsp3) is 0.562. The van der Waals surface area contributed by atoms with Crippen molar-refractivity contribution in [3.05, 3.63) is 24.0 Å². The van der Waals surface area contributed by atoms with Crippen LogP contribution in [0.2, 0.25) is 0 Å². The van der Waals surface area contributed by atoms with Crippen molar-refractivity contribution in [2.45, 2.75) is 24.2 Å². The number of nitrogens with zero attached hydrogens (tertiary/aromatic N) is 1. The molecule has 9 heteroatoms. The normalized spacial score (nSPS) is 18.8. The van der Waals surface area contributed by atoms with Crippen LogP contribution < -0.4 is 10.1 Å². The van der Waals surface area contributed by atoms with Crippen molar-refractivity contribution in [1.29, 1.82) is 0 Å². The minimum Gasteiger partial charge on any atom is -0.495 e. The lowest BCUT2D eigenvalue weighted by Gasteiger charge is -2.31. The third-order valence-electron chi connectivity index (χ3n) is 4.13. The minimum absolute atomic E-state index is 0.0230. The van der Waals surface area contributed by atoms with Crippen molar-refractivity contribution in [2.75, 3.05) is 33.4 Å². The Balaban J connectivity index is 2.17. The van der Waals surface area contributed by atoms with Gasteiger partial charge in [0.2, 0.25) is 15.9 Å². The summed E-state index contributed by atoms with van der Waals surface area (Å²) in [5.41, 5.74) is 0. The third kappa shape index (κ3) is 4.68. The first-order valence-corrected chi connectivity index (χ1v) is 9.56. The van der Waals surface area contributed by atoms with Crippen LogP contribution in [0.25, 0.3) is 0 Å².